The smallest absolute Gasteiger partial charge is 0.0351 e. The van der Waals surface area contributed by atoms with Crippen LogP contribution in [0, 0.1) is 5.92 Å². The minimum Gasteiger partial charge on any atom is -0.0917 e. The second kappa shape index (κ2) is 9.83. The van der Waals surface area contributed by atoms with Crippen molar-refractivity contribution in [3.05, 3.63) is 12.2 Å². The maximum Gasteiger partial charge on any atom is -0.0351 e. The van der Waals surface area contributed by atoms with Crippen LogP contribution in [0.4, 0.5) is 0 Å². The van der Waals surface area contributed by atoms with Gasteiger partial charge < -0.3 is 0 Å². The number of unbranched alkanes of at least 4 members (excludes halogenated alkanes) is 2. The second-order valence-electron chi connectivity index (χ2n) is 3.92. The molecule has 0 aliphatic rings. The zero-order valence-corrected chi connectivity index (χ0v) is 9.68. The minimum absolute atomic E-state index is 0.996. The predicted octanol–water partition coefficient (Wildman–Crippen LogP) is 4.95. The van der Waals surface area contributed by atoms with E-state index in [1.54, 1.807) is 0 Å². The second-order valence-corrected chi connectivity index (χ2v) is 3.92. The minimum atomic E-state index is 0.996. The summed E-state index contributed by atoms with van der Waals surface area (Å²) in [6.07, 6.45) is 14.1. The zero-order chi connectivity index (χ0) is 9.94. The molecule has 0 aromatic carbocycles. The van der Waals surface area contributed by atoms with Crippen molar-refractivity contribution in [2.75, 3.05) is 0 Å². The molecule has 0 amide bonds. The molecule has 0 aliphatic carbocycles. The summed E-state index contributed by atoms with van der Waals surface area (Å²) < 4.78 is 0. The van der Waals surface area contributed by atoms with Crippen molar-refractivity contribution in [3.63, 3.8) is 0 Å². The average molecular weight is 182 g/mol. The van der Waals surface area contributed by atoms with Crippen LogP contribution in [-0.4, -0.2) is 0 Å². The van der Waals surface area contributed by atoms with Gasteiger partial charge in [-0.2, -0.15) is 0 Å². The van der Waals surface area contributed by atoms with Gasteiger partial charge in [0.25, 0.3) is 0 Å². The third-order valence-electron chi connectivity index (χ3n) is 2.74. The fourth-order valence-corrected chi connectivity index (χ4v) is 1.82. The Kier molecular flexibility index (Phi) is 9.63. The number of hydrogen-bond acceptors (Lipinski definition) is 0. The molecule has 0 bridgehead atoms. The molecule has 0 fully saturated rings. The molecule has 0 N–H and O–H groups in total. The first kappa shape index (κ1) is 12.7. The van der Waals surface area contributed by atoms with E-state index in [4.69, 9.17) is 0 Å². The topological polar surface area (TPSA) is 0 Å². The largest absolute Gasteiger partial charge is 0.0917 e. The fourth-order valence-electron chi connectivity index (χ4n) is 1.82. The SMILES string of the molecule is CC=CCCCCC(CC)CCC. The van der Waals surface area contributed by atoms with Crippen LogP contribution in [0.25, 0.3) is 0 Å². The van der Waals surface area contributed by atoms with Crippen LogP contribution in [-0.2, 0) is 0 Å². The van der Waals surface area contributed by atoms with Gasteiger partial charge in [0.2, 0.25) is 0 Å². The van der Waals surface area contributed by atoms with Gasteiger partial charge in [-0.05, 0) is 25.7 Å². The molecule has 0 aromatic heterocycles. The molecule has 0 saturated heterocycles. The van der Waals surface area contributed by atoms with Crippen LogP contribution >= 0.6 is 0 Å². The van der Waals surface area contributed by atoms with Crippen LogP contribution in [0.3, 0.4) is 0 Å². The standard InChI is InChI=1S/C13H26/c1-4-7-8-9-10-12-13(6-3)11-5-2/h4,7,13H,5-6,8-12H2,1-3H3. The van der Waals surface area contributed by atoms with E-state index in [1.807, 2.05) is 0 Å². The van der Waals surface area contributed by atoms with Crippen molar-refractivity contribution in [2.45, 2.75) is 65.7 Å². The lowest BCUT2D eigenvalue weighted by Crippen LogP contribution is -1.97. The lowest BCUT2D eigenvalue weighted by molar-refractivity contribution is 0.414. The average Bonchev–Trinajstić information content (AvgIpc) is 2.16. The molecule has 0 heterocycles. The summed E-state index contributed by atoms with van der Waals surface area (Å²) in [5, 5.41) is 0. The molecular formula is C13H26. The van der Waals surface area contributed by atoms with Gasteiger partial charge in [-0.3, -0.25) is 0 Å². The molecule has 0 aromatic rings. The molecular weight excluding hydrogens is 156 g/mol. The Balaban J connectivity index is 3.27. The summed E-state index contributed by atoms with van der Waals surface area (Å²) >= 11 is 0. The van der Waals surface area contributed by atoms with Gasteiger partial charge in [-0.25, -0.2) is 0 Å². The van der Waals surface area contributed by atoms with Crippen LogP contribution in [0.15, 0.2) is 12.2 Å². The summed E-state index contributed by atoms with van der Waals surface area (Å²) in [5.41, 5.74) is 0. The van der Waals surface area contributed by atoms with E-state index in [9.17, 15) is 0 Å². The van der Waals surface area contributed by atoms with Crippen LogP contribution in [0.2, 0.25) is 0 Å². The highest BCUT2D eigenvalue weighted by molar-refractivity contribution is 4.76. The summed E-state index contributed by atoms with van der Waals surface area (Å²) in [7, 11) is 0. The Hall–Kier alpha value is -0.260. The van der Waals surface area contributed by atoms with Crippen molar-refractivity contribution in [2.24, 2.45) is 5.92 Å². The van der Waals surface area contributed by atoms with Gasteiger partial charge >= 0.3 is 0 Å². The van der Waals surface area contributed by atoms with Gasteiger partial charge in [0.15, 0.2) is 0 Å². The van der Waals surface area contributed by atoms with E-state index in [2.05, 4.69) is 32.9 Å². The van der Waals surface area contributed by atoms with Crippen molar-refractivity contribution >= 4 is 0 Å². The normalized spacial score (nSPS) is 13.8. The molecule has 0 aliphatic heterocycles. The Morgan fingerprint density at radius 3 is 2.38 bits per heavy atom. The Morgan fingerprint density at radius 1 is 1.08 bits per heavy atom. The lowest BCUT2D eigenvalue weighted by Gasteiger charge is -2.12. The molecule has 78 valence electrons. The van der Waals surface area contributed by atoms with Crippen LogP contribution in [0.5, 0.6) is 0 Å². The highest BCUT2D eigenvalue weighted by Gasteiger charge is 2.03. The van der Waals surface area contributed by atoms with E-state index in [0.29, 0.717) is 0 Å². The van der Waals surface area contributed by atoms with Crippen LogP contribution in [0.1, 0.15) is 65.7 Å². The number of rotatable bonds is 8. The van der Waals surface area contributed by atoms with E-state index < -0.39 is 0 Å². The van der Waals surface area contributed by atoms with Crippen molar-refractivity contribution < 1.29 is 0 Å². The first-order valence-electron chi connectivity index (χ1n) is 5.96. The molecule has 0 rings (SSSR count). The van der Waals surface area contributed by atoms with E-state index in [0.717, 1.165) is 5.92 Å². The molecule has 0 nitrogen and oxygen atoms in total. The Morgan fingerprint density at radius 2 is 1.85 bits per heavy atom. The van der Waals surface area contributed by atoms with Gasteiger partial charge in [0, 0.05) is 0 Å². The predicted molar refractivity (Wildman–Crippen MR) is 62.0 cm³/mol. The van der Waals surface area contributed by atoms with Crippen molar-refractivity contribution in [3.8, 4) is 0 Å². The first-order valence-corrected chi connectivity index (χ1v) is 5.96. The third kappa shape index (κ3) is 8.08. The van der Waals surface area contributed by atoms with Crippen LogP contribution < -0.4 is 0 Å². The van der Waals surface area contributed by atoms with Gasteiger partial charge in [-0.1, -0.05) is 58.1 Å². The van der Waals surface area contributed by atoms with Gasteiger partial charge in [0.05, 0.1) is 0 Å². The maximum absolute atomic E-state index is 2.33. The third-order valence-corrected chi connectivity index (χ3v) is 2.74. The van der Waals surface area contributed by atoms with Gasteiger partial charge in [0.1, 0.15) is 0 Å². The number of hydrogen-bond donors (Lipinski definition) is 0. The van der Waals surface area contributed by atoms with Crippen molar-refractivity contribution in [1.82, 2.24) is 0 Å². The van der Waals surface area contributed by atoms with E-state index >= 15 is 0 Å². The van der Waals surface area contributed by atoms with E-state index in [1.165, 1.54) is 44.9 Å². The first-order chi connectivity index (χ1) is 6.35. The summed E-state index contributed by atoms with van der Waals surface area (Å²) in [6.45, 7) is 6.72. The molecule has 0 saturated carbocycles. The van der Waals surface area contributed by atoms with Crippen molar-refractivity contribution in [1.29, 1.82) is 0 Å². The molecule has 0 spiro atoms. The maximum atomic E-state index is 2.33. The zero-order valence-electron chi connectivity index (χ0n) is 9.68. The van der Waals surface area contributed by atoms with E-state index in [-0.39, 0.29) is 0 Å². The Labute approximate surface area is 84.4 Å². The molecule has 0 radical (unpaired) electrons. The summed E-state index contributed by atoms with van der Waals surface area (Å²) in [4.78, 5) is 0. The summed E-state index contributed by atoms with van der Waals surface area (Å²) in [5.74, 6) is 0.996. The Bertz CT molecular complexity index is 113. The summed E-state index contributed by atoms with van der Waals surface area (Å²) in [6, 6.07) is 0. The molecule has 1 unspecified atom stereocenters. The molecule has 0 heteroatoms. The quantitative estimate of drug-likeness (QED) is 0.368. The highest BCUT2D eigenvalue weighted by atomic mass is 14.1. The fraction of sp³-hybridized carbons (Fsp3) is 0.846. The monoisotopic (exact) mass is 182 g/mol. The highest BCUT2D eigenvalue weighted by Crippen LogP contribution is 2.18. The number of allylic oxidation sites excluding steroid dienone is 2. The lowest BCUT2D eigenvalue weighted by atomic mass is 9.94. The molecule has 13 heavy (non-hydrogen) atoms. The van der Waals surface area contributed by atoms with Gasteiger partial charge in [-0.15, -0.1) is 0 Å². The molecule has 1 atom stereocenters.